The molecule has 0 saturated carbocycles. The number of esters is 1. The third kappa shape index (κ3) is 6.39. The summed E-state index contributed by atoms with van der Waals surface area (Å²) in [5, 5.41) is 0. The third-order valence-electron chi connectivity index (χ3n) is 0.606. The first-order valence-electron chi connectivity index (χ1n) is 2.56. The van der Waals surface area contributed by atoms with Crippen molar-refractivity contribution in [3.05, 3.63) is 0 Å². The van der Waals surface area contributed by atoms with E-state index in [1.165, 1.54) is 0 Å². The molecule has 0 radical (unpaired) electrons. The van der Waals surface area contributed by atoms with Crippen LogP contribution in [-0.2, 0) is 34.9 Å². The van der Waals surface area contributed by atoms with Crippen LogP contribution in [0.1, 0.15) is 6.92 Å². The van der Waals surface area contributed by atoms with E-state index in [2.05, 4.69) is 4.74 Å². The van der Waals surface area contributed by atoms with Crippen molar-refractivity contribution >= 4 is 13.4 Å². The molecule has 1 unspecified atom stereocenters. The van der Waals surface area contributed by atoms with Crippen molar-refractivity contribution < 1.29 is 36.3 Å². The second-order valence-corrected chi connectivity index (χ2v) is 8.60. The molecule has 0 rings (SSSR count). The van der Waals surface area contributed by atoms with E-state index in [1.54, 1.807) is 6.92 Å². The molecule has 0 aliphatic carbocycles. The van der Waals surface area contributed by atoms with Crippen molar-refractivity contribution in [3.8, 4) is 0 Å². The van der Waals surface area contributed by atoms with Gasteiger partial charge in [-0.1, -0.05) is 0 Å². The molecule has 0 amide bonds. The molecule has 0 aromatic carbocycles. The van der Waals surface area contributed by atoms with Crippen LogP contribution in [0.2, 0.25) is 0 Å². The van der Waals surface area contributed by atoms with Gasteiger partial charge in [-0.25, -0.2) is 0 Å². The number of carbonyl (C=O) groups excluding carboxylic acids is 1. The van der Waals surface area contributed by atoms with Crippen molar-refractivity contribution in [2.45, 2.75) is 6.92 Å². The molecule has 6 heteroatoms. The van der Waals surface area contributed by atoms with Crippen molar-refractivity contribution in [1.29, 1.82) is 0 Å². The Morgan fingerprint density at radius 2 is 2.30 bits per heavy atom. The molecular weight excluding hydrogens is 328 g/mol. The number of hydrogen-bond donors (Lipinski definition) is 1. The summed E-state index contributed by atoms with van der Waals surface area (Å²) < 4.78 is 23.7. The molecule has 0 aliphatic heterocycles. The summed E-state index contributed by atoms with van der Waals surface area (Å²) in [4.78, 5) is 10.5. The van der Waals surface area contributed by atoms with Gasteiger partial charge in [-0.15, -0.1) is 0 Å². The van der Waals surface area contributed by atoms with Crippen molar-refractivity contribution in [2.75, 3.05) is 12.4 Å². The Balaban J connectivity index is 3.82. The fraction of sp³-hybridized carbons (Fsp3) is 0.750. The monoisotopic (exact) mass is 336 g/mol. The predicted molar refractivity (Wildman–Crippen MR) is 32.3 cm³/mol. The molecule has 0 spiro atoms. The minimum absolute atomic E-state index is 0.254. The molecule has 10 heavy (non-hydrogen) atoms. The average molecular weight is 336 g/mol. The summed E-state index contributed by atoms with van der Waals surface area (Å²) in [5.74, 6) is -0.985. The number of rotatable bonds is 3. The zero-order chi connectivity index (χ0) is 8.20. The van der Waals surface area contributed by atoms with Crippen LogP contribution >= 0.6 is 0 Å². The Morgan fingerprint density at radius 3 is 2.60 bits per heavy atom. The van der Waals surface area contributed by atoms with Crippen LogP contribution in [0.5, 0.6) is 0 Å². The van der Waals surface area contributed by atoms with Gasteiger partial charge in [0.05, 0.1) is 0 Å². The van der Waals surface area contributed by atoms with Crippen molar-refractivity contribution in [3.63, 3.8) is 0 Å². The van der Waals surface area contributed by atoms with Crippen LogP contribution in [-0.4, -0.2) is 27.1 Å². The van der Waals surface area contributed by atoms with Crippen molar-refractivity contribution in [1.82, 2.24) is 0 Å². The molecule has 0 aromatic rings. The summed E-state index contributed by atoms with van der Waals surface area (Å²) in [6.45, 7) is 1.91. The molecule has 0 aliphatic rings. The van der Waals surface area contributed by atoms with Gasteiger partial charge in [0.15, 0.2) is 0 Å². The standard InChI is InChI=1S/C4H8O4S.W/c1-2-8-4(5)3-9(6)7;/h2-3H2,1H3,(H,6,7);. The van der Waals surface area contributed by atoms with E-state index in [0.717, 1.165) is 0 Å². The molecule has 0 aromatic heterocycles. The maximum atomic E-state index is 10.6. The predicted octanol–water partition coefficient (Wildman–Crippen LogP) is -0.231. The average Bonchev–Trinajstić information content (AvgIpc) is 1.59. The first-order chi connectivity index (χ1) is 4.45. The van der Waals surface area contributed by atoms with Crippen LogP contribution in [0.25, 0.3) is 0 Å². The third-order valence-corrected chi connectivity index (χ3v) is 2.48. The minimum atomic E-state index is -2.89. The van der Waals surface area contributed by atoms with Crippen LogP contribution in [0.15, 0.2) is 0 Å². The summed E-state index contributed by atoms with van der Waals surface area (Å²) in [7, 11) is -2.89. The van der Waals surface area contributed by atoms with Gasteiger partial charge < -0.3 is 0 Å². The molecule has 1 N–H and O–H groups in total. The van der Waals surface area contributed by atoms with Gasteiger partial charge in [0.1, 0.15) is 0 Å². The molecule has 4 nitrogen and oxygen atoms in total. The van der Waals surface area contributed by atoms with Crippen LogP contribution in [0.4, 0.5) is 0 Å². The van der Waals surface area contributed by atoms with Crippen LogP contribution < -0.4 is 0 Å². The second kappa shape index (κ2) is 4.21. The van der Waals surface area contributed by atoms with Crippen molar-refractivity contribution in [2.24, 2.45) is 0 Å². The first kappa shape index (κ1) is 10.3. The molecule has 60 valence electrons. The summed E-state index contributed by atoms with van der Waals surface area (Å²) in [6, 6.07) is 0. The van der Waals surface area contributed by atoms with E-state index in [0.29, 0.717) is 18.0 Å². The van der Waals surface area contributed by atoms with Crippen LogP contribution in [0, 0.1) is 0 Å². The summed E-state index contributed by atoms with van der Waals surface area (Å²) in [6.07, 6.45) is 0. The molecule has 0 heterocycles. The van der Waals surface area contributed by atoms with Gasteiger partial charge in [-0.3, -0.25) is 0 Å². The number of hydrogen-bond acceptors (Lipinski definition) is 3. The van der Waals surface area contributed by atoms with Gasteiger partial charge in [0.2, 0.25) is 0 Å². The molecule has 0 bridgehead atoms. The Labute approximate surface area is 69.1 Å². The van der Waals surface area contributed by atoms with Gasteiger partial charge >= 0.3 is 68.9 Å². The Kier molecular flexibility index (Phi) is 4.32. The van der Waals surface area contributed by atoms with Gasteiger partial charge in [0, 0.05) is 0 Å². The van der Waals surface area contributed by atoms with Gasteiger partial charge in [-0.2, -0.15) is 0 Å². The SMILES string of the molecule is CCOC(=O)C[S](=O)(O)=[W]. The quantitative estimate of drug-likeness (QED) is 0.724. The van der Waals surface area contributed by atoms with E-state index in [-0.39, 0.29) is 12.4 Å². The van der Waals surface area contributed by atoms with Gasteiger partial charge in [-0.05, 0) is 0 Å². The number of ether oxygens (including phenoxy) is 1. The van der Waals surface area contributed by atoms with Gasteiger partial charge in [0.25, 0.3) is 0 Å². The molecule has 1 atom stereocenters. The Bertz CT molecular complexity index is 207. The van der Waals surface area contributed by atoms with E-state index < -0.39 is 13.4 Å². The zero-order valence-electron chi connectivity index (χ0n) is 5.40. The van der Waals surface area contributed by atoms with E-state index in [1.807, 2.05) is 0 Å². The van der Waals surface area contributed by atoms with Crippen LogP contribution in [0.3, 0.4) is 0 Å². The van der Waals surface area contributed by atoms with E-state index >= 15 is 0 Å². The number of carbonyl (C=O) groups is 1. The van der Waals surface area contributed by atoms with E-state index in [4.69, 9.17) is 4.55 Å². The fourth-order valence-electron chi connectivity index (χ4n) is 0.352. The Morgan fingerprint density at radius 1 is 1.80 bits per heavy atom. The first-order valence-corrected chi connectivity index (χ1v) is 7.76. The molecule has 0 fully saturated rings. The topological polar surface area (TPSA) is 63.6 Å². The molecule has 0 saturated heterocycles. The normalized spacial score (nSPS) is 15.8. The maximum absolute atomic E-state index is 10.6. The summed E-state index contributed by atoms with van der Waals surface area (Å²) in [5.41, 5.74) is 0. The Hall–Kier alpha value is 0.268. The van der Waals surface area contributed by atoms with E-state index in [9.17, 15) is 9.00 Å². The summed E-state index contributed by atoms with van der Waals surface area (Å²) >= 11 is 0.510. The molecular formula is C4H8O4SW. The second-order valence-electron chi connectivity index (χ2n) is 1.53. The fourth-order valence-corrected chi connectivity index (χ4v) is 1.77. The zero-order valence-corrected chi connectivity index (χ0v) is 9.15.